The Morgan fingerprint density at radius 1 is 1.43 bits per heavy atom. The molecule has 0 aliphatic heterocycles. The molecule has 72 valence electrons. The summed E-state index contributed by atoms with van der Waals surface area (Å²) < 4.78 is 1.65. The number of nitrogens with zero attached hydrogens (tertiary/aromatic N) is 3. The highest BCUT2D eigenvalue weighted by Gasteiger charge is 2.00. The van der Waals surface area contributed by atoms with E-state index >= 15 is 0 Å². The lowest BCUT2D eigenvalue weighted by molar-refractivity contribution is 0.846. The van der Waals surface area contributed by atoms with Crippen LogP contribution in [0.1, 0.15) is 5.56 Å². The van der Waals surface area contributed by atoms with E-state index in [0.717, 1.165) is 5.56 Å². The maximum atomic E-state index is 5.76. The van der Waals surface area contributed by atoms with Gasteiger partial charge in [0.1, 0.15) is 5.15 Å². The Hall–Kier alpha value is -1.39. The maximum Gasteiger partial charge on any atom is 0.155 e. The first-order valence-electron chi connectivity index (χ1n) is 4.16. The molecule has 2 N–H and O–H groups in total. The van der Waals surface area contributed by atoms with Crippen LogP contribution in [0, 0.1) is 0 Å². The smallest absolute Gasteiger partial charge is 0.155 e. The summed E-state index contributed by atoms with van der Waals surface area (Å²) in [6, 6.07) is 5.38. The number of pyridine rings is 1. The molecule has 14 heavy (non-hydrogen) atoms. The van der Waals surface area contributed by atoms with Gasteiger partial charge in [0.25, 0.3) is 0 Å². The second-order valence-corrected chi connectivity index (χ2v) is 3.20. The van der Waals surface area contributed by atoms with Gasteiger partial charge in [0, 0.05) is 18.3 Å². The van der Waals surface area contributed by atoms with E-state index in [0.29, 0.717) is 17.5 Å². The highest BCUT2D eigenvalue weighted by Crippen LogP contribution is 2.09. The van der Waals surface area contributed by atoms with Crippen LogP contribution in [0.2, 0.25) is 5.15 Å². The zero-order chi connectivity index (χ0) is 9.97. The predicted molar refractivity (Wildman–Crippen MR) is 54.3 cm³/mol. The zero-order valence-corrected chi connectivity index (χ0v) is 8.15. The number of hydrogen-bond acceptors (Lipinski definition) is 3. The molecule has 2 aromatic rings. The molecule has 5 heteroatoms. The fraction of sp³-hybridized carbons (Fsp3) is 0.111. The van der Waals surface area contributed by atoms with Crippen LogP contribution in [0.25, 0.3) is 5.82 Å². The van der Waals surface area contributed by atoms with Crippen molar-refractivity contribution in [1.82, 2.24) is 14.8 Å². The quantitative estimate of drug-likeness (QED) is 0.759. The van der Waals surface area contributed by atoms with Crippen LogP contribution >= 0.6 is 11.6 Å². The highest BCUT2D eigenvalue weighted by molar-refractivity contribution is 6.29. The van der Waals surface area contributed by atoms with Crippen molar-refractivity contribution in [2.75, 3.05) is 0 Å². The Bertz CT molecular complexity index is 438. The van der Waals surface area contributed by atoms with Crippen LogP contribution in [-0.4, -0.2) is 14.8 Å². The van der Waals surface area contributed by atoms with Gasteiger partial charge < -0.3 is 5.73 Å². The van der Waals surface area contributed by atoms with Crippen molar-refractivity contribution in [2.45, 2.75) is 6.54 Å². The summed E-state index contributed by atoms with van der Waals surface area (Å²) in [6.07, 6.45) is 3.54. The zero-order valence-electron chi connectivity index (χ0n) is 7.39. The molecule has 0 radical (unpaired) electrons. The summed E-state index contributed by atoms with van der Waals surface area (Å²) in [5.41, 5.74) is 6.44. The van der Waals surface area contributed by atoms with Gasteiger partial charge in [0.15, 0.2) is 5.82 Å². The molecule has 2 aromatic heterocycles. The first-order valence-corrected chi connectivity index (χ1v) is 4.54. The largest absolute Gasteiger partial charge is 0.326 e. The monoisotopic (exact) mass is 208 g/mol. The summed E-state index contributed by atoms with van der Waals surface area (Å²) in [6.45, 7) is 0.473. The minimum atomic E-state index is 0.451. The van der Waals surface area contributed by atoms with Crippen molar-refractivity contribution in [1.29, 1.82) is 0 Å². The summed E-state index contributed by atoms with van der Waals surface area (Å²) in [7, 11) is 0. The van der Waals surface area contributed by atoms with Gasteiger partial charge in [-0.05, 0) is 12.1 Å². The SMILES string of the molecule is NCc1cnn(-c2cccc(Cl)n2)c1. The lowest BCUT2D eigenvalue weighted by Gasteiger charge is -1.99. The van der Waals surface area contributed by atoms with E-state index in [4.69, 9.17) is 17.3 Å². The lowest BCUT2D eigenvalue weighted by Crippen LogP contribution is -1.98. The van der Waals surface area contributed by atoms with Gasteiger partial charge in [-0.15, -0.1) is 0 Å². The highest BCUT2D eigenvalue weighted by atomic mass is 35.5. The maximum absolute atomic E-state index is 5.76. The Morgan fingerprint density at radius 2 is 2.29 bits per heavy atom. The van der Waals surface area contributed by atoms with Crippen molar-refractivity contribution in [3.05, 3.63) is 41.3 Å². The molecule has 0 amide bonds. The van der Waals surface area contributed by atoms with E-state index < -0.39 is 0 Å². The fourth-order valence-corrected chi connectivity index (χ4v) is 1.28. The Kier molecular flexibility index (Phi) is 2.47. The molecule has 0 saturated carbocycles. The van der Waals surface area contributed by atoms with Crippen molar-refractivity contribution in [3.63, 3.8) is 0 Å². The molecule has 2 heterocycles. The normalized spacial score (nSPS) is 10.4. The van der Waals surface area contributed by atoms with Gasteiger partial charge >= 0.3 is 0 Å². The molecule has 0 bridgehead atoms. The average Bonchev–Trinajstić information content (AvgIpc) is 2.66. The predicted octanol–water partition coefficient (Wildman–Crippen LogP) is 1.38. The Labute approximate surface area is 86.3 Å². The second-order valence-electron chi connectivity index (χ2n) is 2.82. The van der Waals surface area contributed by atoms with E-state index in [9.17, 15) is 0 Å². The number of nitrogens with two attached hydrogens (primary N) is 1. The standard InChI is InChI=1S/C9H9ClN4/c10-8-2-1-3-9(13-8)14-6-7(4-11)5-12-14/h1-3,5-6H,4,11H2. The molecule has 0 unspecified atom stereocenters. The third-order valence-electron chi connectivity index (χ3n) is 1.81. The summed E-state index contributed by atoms with van der Waals surface area (Å²) in [5.74, 6) is 0.692. The van der Waals surface area contributed by atoms with Crippen LogP contribution in [0.5, 0.6) is 0 Å². The van der Waals surface area contributed by atoms with Gasteiger partial charge in [-0.1, -0.05) is 17.7 Å². The number of halogens is 1. The Morgan fingerprint density at radius 3 is 2.93 bits per heavy atom. The van der Waals surface area contributed by atoms with Crippen LogP contribution < -0.4 is 5.73 Å². The number of aromatic nitrogens is 3. The van der Waals surface area contributed by atoms with Gasteiger partial charge in [-0.3, -0.25) is 0 Å². The van der Waals surface area contributed by atoms with Crippen molar-refractivity contribution in [3.8, 4) is 5.82 Å². The van der Waals surface area contributed by atoms with Crippen LogP contribution in [0.4, 0.5) is 0 Å². The van der Waals surface area contributed by atoms with E-state index in [1.54, 1.807) is 16.9 Å². The molecule has 0 aliphatic carbocycles. The minimum Gasteiger partial charge on any atom is -0.326 e. The van der Waals surface area contributed by atoms with Crippen LogP contribution in [0.3, 0.4) is 0 Å². The molecule has 0 saturated heterocycles. The van der Waals surface area contributed by atoms with Crippen molar-refractivity contribution in [2.24, 2.45) is 5.73 Å². The summed E-state index contributed by atoms with van der Waals surface area (Å²) >= 11 is 5.76. The first-order chi connectivity index (χ1) is 6.79. The molecule has 0 aromatic carbocycles. The molecule has 2 rings (SSSR count). The van der Waals surface area contributed by atoms with Gasteiger partial charge in [0.2, 0.25) is 0 Å². The molecular formula is C9H9ClN4. The van der Waals surface area contributed by atoms with Gasteiger partial charge in [-0.25, -0.2) is 9.67 Å². The van der Waals surface area contributed by atoms with Gasteiger partial charge in [-0.2, -0.15) is 5.10 Å². The molecule has 4 nitrogen and oxygen atoms in total. The van der Waals surface area contributed by atoms with E-state index in [1.165, 1.54) is 0 Å². The fourth-order valence-electron chi connectivity index (χ4n) is 1.12. The molecular weight excluding hydrogens is 200 g/mol. The van der Waals surface area contributed by atoms with E-state index in [1.807, 2.05) is 18.3 Å². The molecule has 0 spiro atoms. The first kappa shape index (κ1) is 9.18. The molecule has 0 atom stereocenters. The summed E-state index contributed by atoms with van der Waals surface area (Å²) in [5, 5.41) is 4.57. The second kappa shape index (κ2) is 3.77. The summed E-state index contributed by atoms with van der Waals surface area (Å²) in [4.78, 5) is 4.12. The van der Waals surface area contributed by atoms with E-state index in [2.05, 4.69) is 10.1 Å². The Balaban J connectivity index is 2.39. The molecule has 0 aliphatic rings. The third kappa shape index (κ3) is 1.76. The van der Waals surface area contributed by atoms with Crippen molar-refractivity contribution < 1.29 is 0 Å². The van der Waals surface area contributed by atoms with E-state index in [-0.39, 0.29) is 0 Å². The number of rotatable bonds is 2. The number of hydrogen-bond donors (Lipinski definition) is 1. The van der Waals surface area contributed by atoms with Crippen molar-refractivity contribution >= 4 is 11.6 Å². The van der Waals surface area contributed by atoms with Crippen LogP contribution in [-0.2, 0) is 6.54 Å². The molecule has 0 fully saturated rings. The third-order valence-corrected chi connectivity index (χ3v) is 2.02. The van der Waals surface area contributed by atoms with Crippen LogP contribution in [0.15, 0.2) is 30.6 Å². The lowest BCUT2D eigenvalue weighted by atomic mass is 10.4. The van der Waals surface area contributed by atoms with Gasteiger partial charge in [0.05, 0.1) is 6.20 Å². The minimum absolute atomic E-state index is 0.451. The topological polar surface area (TPSA) is 56.7 Å². The average molecular weight is 209 g/mol.